The predicted molar refractivity (Wildman–Crippen MR) is 67.0 cm³/mol. The van der Waals surface area contributed by atoms with E-state index in [9.17, 15) is 4.79 Å². The smallest absolute Gasteiger partial charge is 0.194 e. The number of carbonyl (C=O) groups excluding carboxylic acids is 1. The van der Waals surface area contributed by atoms with Crippen molar-refractivity contribution >= 4 is 5.78 Å². The topological polar surface area (TPSA) is 51.7 Å². The van der Waals surface area contributed by atoms with Crippen LogP contribution in [-0.4, -0.2) is 55.1 Å². The summed E-state index contributed by atoms with van der Waals surface area (Å²) in [6.07, 6.45) is 2.76. The quantitative estimate of drug-likeness (QED) is 0.746. The Kier molecular flexibility index (Phi) is 4.28. The summed E-state index contributed by atoms with van der Waals surface area (Å²) in [7, 11) is 1.98. The molecule has 1 aromatic rings. The van der Waals surface area contributed by atoms with Crippen molar-refractivity contribution in [3.05, 3.63) is 24.0 Å². The molecule has 0 N–H and O–H groups in total. The van der Waals surface area contributed by atoms with E-state index in [1.165, 1.54) is 0 Å². The molecule has 0 radical (unpaired) electrons. The average Bonchev–Trinajstić information content (AvgIpc) is 2.39. The Labute approximate surface area is 107 Å². The number of ketones is 1. The predicted octanol–water partition coefficient (Wildman–Crippen LogP) is 0.994. The van der Waals surface area contributed by atoms with E-state index in [1.807, 2.05) is 14.0 Å². The van der Waals surface area contributed by atoms with Crippen LogP contribution < -0.4 is 4.74 Å². The third-order valence-corrected chi connectivity index (χ3v) is 2.87. The van der Waals surface area contributed by atoms with Gasteiger partial charge < -0.3 is 14.4 Å². The molecule has 0 amide bonds. The summed E-state index contributed by atoms with van der Waals surface area (Å²) in [6, 6.07) is 1.72. The fraction of sp³-hybridized carbons (Fsp3) is 0.538. The van der Waals surface area contributed by atoms with Gasteiger partial charge in [-0.25, -0.2) is 0 Å². The number of carbonyl (C=O) groups is 1. The number of morpholine rings is 1. The van der Waals surface area contributed by atoms with Gasteiger partial charge in [-0.15, -0.1) is 0 Å². The van der Waals surface area contributed by atoms with Gasteiger partial charge in [0.25, 0.3) is 0 Å². The van der Waals surface area contributed by atoms with Crippen LogP contribution in [0.3, 0.4) is 0 Å². The first-order chi connectivity index (χ1) is 8.70. The number of ether oxygens (including phenoxy) is 2. The Morgan fingerprint density at radius 2 is 2.44 bits per heavy atom. The molecule has 18 heavy (non-hydrogen) atoms. The van der Waals surface area contributed by atoms with E-state index in [2.05, 4.69) is 9.88 Å². The molecule has 0 spiro atoms. The van der Waals surface area contributed by atoms with Gasteiger partial charge in [0, 0.05) is 24.8 Å². The van der Waals surface area contributed by atoms with Crippen molar-refractivity contribution in [2.24, 2.45) is 0 Å². The summed E-state index contributed by atoms with van der Waals surface area (Å²) in [4.78, 5) is 18.4. The summed E-state index contributed by atoms with van der Waals surface area (Å²) >= 11 is 0. The highest BCUT2D eigenvalue weighted by atomic mass is 16.5. The molecule has 2 rings (SSSR count). The average molecular weight is 250 g/mol. The van der Waals surface area contributed by atoms with Gasteiger partial charge in [0.15, 0.2) is 5.78 Å². The molecular formula is C13H18N2O3. The second-order valence-corrected chi connectivity index (χ2v) is 4.33. The van der Waals surface area contributed by atoms with Crippen molar-refractivity contribution in [3.8, 4) is 5.75 Å². The number of Topliss-reactive ketones (excluding diaryl/α,β-unsaturated/α-hetero) is 1. The van der Waals surface area contributed by atoms with Gasteiger partial charge in [-0.3, -0.25) is 9.78 Å². The van der Waals surface area contributed by atoms with Crippen molar-refractivity contribution in [1.29, 1.82) is 0 Å². The van der Waals surface area contributed by atoms with Crippen molar-refractivity contribution in [1.82, 2.24) is 9.88 Å². The zero-order chi connectivity index (χ0) is 13.0. The monoisotopic (exact) mass is 250 g/mol. The largest absolute Gasteiger partial charge is 0.492 e. The Morgan fingerprint density at radius 3 is 3.17 bits per heavy atom. The minimum Gasteiger partial charge on any atom is -0.492 e. The van der Waals surface area contributed by atoms with Crippen LogP contribution in [-0.2, 0) is 4.74 Å². The van der Waals surface area contributed by atoms with E-state index < -0.39 is 6.10 Å². The maximum absolute atomic E-state index is 12.3. The van der Waals surface area contributed by atoms with E-state index in [4.69, 9.17) is 9.47 Å². The first-order valence-electron chi connectivity index (χ1n) is 6.13. The maximum Gasteiger partial charge on any atom is 0.194 e. The molecule has 1 fully saturated rings. The van der Waals surface area contributed by atoms with Gasteiger partial charge in [0.05, 0.1) is 19.4 Å². The van der Waals surface area contributed by atoms with Crippen molar-refractivity contribution < 1.29 is 14.3 Å². The summed E-state index contributed by atoms with van der Waals surface area (Å²) in [5.74, 6) is 0.586. The van der Waals surface area contributed by atoms with Crippen LogP contribution in [0.2, 0.25) is 0 Å². The zero-order valence-corrected chi connectivity index (χ0v) is 10.8. The fourth-order valence-electron chi connectivity index (χ4n) is 1.92. The standard InChI is InChI=1S/C13H18N2O3/c1-3-17-11-6-10(7-14-8-11)13(16)12-9-15(2)4-5-18-12/h6-8,12H,3-5,9H2,1-2H3. The molecule has 5 nitrogen and oxygen atoms in total. The lowest BCUT2D eigenvalue weighted by Gasteiger charge is -2.29. The number of aromatic nitrogens is 1. The van der Waals surface area contributed by atoms with Gasteiger partial charge >= 0.3 is 0 Å². The number of hydrogen-bond acceptors (Lipinski definition) is 5. The first-order valence-corrected chi connectivity index (χ1v) is 6.13. The van der Waals surface area contributed by atoms with Crippen molar-refractivity contribution in [2.45, 2.75) is 13.0 Å². The molecule has 1 saturated heterocycles. The molecule has 1 aliphatic rings. The van der Waals surface area contributed by atoms with Crippen LogP contribution in [0.25, 0.3) is 0 Å². The molecule has 0 aromatic carbocycles. The van der Waals surface area contributed by atoms with Crippen LogP contribution >= 0.6 is 0 Å². The van der Waals surface area contributed by atoms with E-state index in [1.54, 1.807) is 18.5 Å². The van der Waals surface area contributed by atoms with Gasteiger partial charge in [0.2, 0.25) is 0 Å². The Hall–Kier alpha value is -1.46. The Bertz CT molecular complexity index is 422. The van der Waals surface area contributed by atoms with E-state index in [-0.39, 0.29) is 5.78 Å². The molecule has 0 aliphatic carbocycles. The van der Waals surface area contributed by atoms with Crippen LogP contribution in [0.4, 0.5) is 0 Å². The minimum absolute atomic E-state index is 0.0318. The van der Waals surface area contributed by atoms with E-state index >= 15 is 0 Å². The molecule has 1 unspecified atom stereocenters. The van der Waals surface area contributed by atoms with E-state index in [0.29, 0.717) is 31.1 Å². The lowest BCUT2D eigenvalue weighted by molar-refractivity contribution is -0.00865. The second-order valence-electron chi connectivity index (χ2n) is 4.33. The molecule has 1 atom stereocenters. The van der Waals surface area contributed by atoms with Crippen LogP contribution in [0.1, 0.15) is 17.3 Å². The SMILES string of the molecule is CCOc1cncc(C(=O)C2CN(C)CCO2)c1. The Balaban J connectivity index is 2.10. The fourth-order valence-corrected chi connectivity index (χ4v) is 1.92. The minimum atomic E-state index is -0.401. The van der Waals surface area contributed by atoms with Crippen LogP contribution in [0.15, 0.2) is 18.5 Å². The molecule has 0 bridgehead atoms. The summed E-state index contributed by atoms with van der Waals surface area (Å²) < 4.78 is 10.8. The first kappa shape index (κ1) is 13.0. The normalized spacial score (nSPS) is 20.7. The number of hydrogen-bond donors (Lipinski definition) is 0. The van der Waals surface area contributed by atoms with E-state index in [0.717, 1.165) is 6.54 Å². The highest BCUT2D eigenvalue weighted by molar-refractivity contribution is 5.99. The van der Waals surface area contributed by atoms with Gasteiger partial charge in [0.1, 0.15) is 11.9 Å². The van der Waals surface area contributed by atoms with Gasteiger partial charge in [-0.2, -0.15) is 0 Å². The Morgan fingerprint density at radius 1 is 1.61 bits per heavy atom. The highest BCUT2D eigenvalue weighted by Crippen LogP contribution is 2.15. The summed E-state index contributed by atoms with van der Waals surface area (Å²) in [5, 5.41) is 0. The molecule has 98 valence electrons. The lowest BCUT2D eigenvalue weighted by Crippen LogP contribution is -2.44. The molecule has 1 aromatic heterocycles. The number of nitrogens with zero attached hydrogens (tertiary/aromatic N) is 2. The van der Waals surface area contributed by atoms with Gasteiger partial charge in [-0.1, -0.05) is 0 Å². The molecule has 2 heterocycles. The van der Waals surface area contributed by atoms with Crippen LogP contribution in [0, 0.1) is 0 Å². The molecule has 1 aliphatic heterocycles. The van der Waals surface area contributed by atoms with Crippen molar-refractivity contribution in [2.75, 3.05) is 33.4 Å². The third-order valence-electron chi connectivity index (χ3n) is 2.87. The van der Waals surface area contributed by atoms with Gasteiger partial charge in [-0.05, 0) is 20.0 Å². The molecular weight excluding hydrogens is 232 g/mol. The number of pyridine rings is 1. The lowest BCUT2D eigenvalue weighted by atomic mass is 10.1. The van der Waals surface area contributed by atoms with Crippen LogP contribution in [0.5, 0.6) is 5.75 Å². The maximum atomic E-state index is 12.3. The second kappa shape index (κ2) is 5.93. The summed E-state index contributed by atoms with van der Waals surface area (Å²) in [6.45, 7) is 4.53. The number of likely N-dealkylation sites (N-methyl/N-ethyl adjacent to an activating group) is 1. The zero-order valence-electron chi connectivity index (χ0n) is 10.8. The molecule has 0 saturated carbocycles. The molecule has 5 heteroatoms. The summed E-state index contributed by atoms with van der Waals surface area (Å²) in [5.41, 5.74) is 0.543. The highest BCUT2D eigenvalue weighted by Gasteiger charge is 2.26. The number of rotatable bonds is 4. The third kappa shape index (κ3) is 3.05. The van der Waals surface area contributed by atoms with Crippen molar-refractivity contribution in [3.63, 3.8) is 0 Å².